The van der Waals surface area contributed by atoms with Crippen LogP contribution in [0, 0.1) is 0 Å². The molecule has 21 heavy (non-hydrogen) atoms. The van der Waals surface area contributed by atoms with Crippen molar-refractivity contribution in [2.45, 2.75) is 6.18 Å². The number of aromatic nitrogens is 1. The van der Waals surface area contributed by atoms with Crippen LogP contribution < -0.4 is 0 Å². The predicted molar refractivity (Wildman–Crippen MR) is 75.1 cm³/mol. The van der Waals surface area contributed by atoms with Gasteiger partial charge in [0.1, 0.15) is 0 Å². The normalized spacial score (nSPS) is 11.5. The summed E-state index contributed by atoms with van der Waals surface area (Å²) in [5.41, 5.74) is -1.35. The van der Waals surface area contributed by atoms with Gasteiger partial charge in [0, 0.05) is 22.3 Å². The number of aldehydes is 1. The van der Waals surface area contributed by atoms with E-state index in [-0.39, 0.29) is 32.6 Å². The van der Waals surface area contributed by atoms with Gasteiger partial charge < -0.3 is 0 Å². The number of nitrogens with zero attached hydrogens (tertiary/aromatic N) is 1. The zero-order chi connectivity index (χ0) is 15.8. The molecule has 0 aliphatic heterocycles. The first-order chi connectivity index (χ1) is 9.74. The van der Waals surface area contributed by atoms with E-state index in [2.05, 4.69) is 4.98 Å². The Kier molecular flexibility index (Phi) is 4.46. The molecule has 1 aromatic carbocycles. The van der Waals surface area contributed by atoms with Crippen LogP contribution in [0.25, 0.3) is 11.3 Å². The van der Waals surface area contributed by atoms with E-state index in [0.29, 0.717) is 6.20 Å². The molecule has 0 spiro atoms. The van der Waals surface area contributed by atoms with Gasteiger partial charge in [-0.05, 0) is 18.2 Å². The zero-order valence-electron chi connectivity index (χ0n) is 10.0. The molecule has 0 unspecified atom stereocenters. The van der Waals surface area contributed by atoms with E-state index in [1.807, 2.05) is 0 Å². The standard InChI is InChI=1S/C13H5Cl3F3NO/c14-7-2-8(12(16)10(15)3-7)11-1-6(5-21)9(4-20-11)13(17,18)19/h1-5H. The maximum Gasteiger partial charge on any atom is 0.418 e. The van der Waals surface area contributed by atoms with Gasteiger partial charge in [0.25, 0.3) is 0 Å². The molecule has 0 fully saturated rings. The summed E-state index contributed by atoms with van der Waals surface area (Å²) in [7, 11) is 0. The summed E-state index contributed by atoms with van der Waals surface area (Å²) in [5, 5.41) is 0.465. The van der Waals surface area contributed by atoms with Gasteiger partial charge in [0.05, 0.1) is 21.3 Å². The van der Waals surface area contributed by atoms with Gasteiger partial charge >= 0.3 is 6.18 Å². The molecule has 0 saturated carbocycles. The van der Waals surface area contributed by atoms with Crippen LogP contribution in [-0.2, 0) is 6.18 Å². The largest absolute Gasteiger partial charge is 0.418 e. The highest BCUT2D eigenvalue weighted by Crippen LogP contribution is 2.37. The number of pyridine rings is 1. The fourth-order valence-electron chi connectivity index (χ4n) is 1.69. The molecule has 0 N–H and O–H groups in total. The van der Waals surface area contributed by atoms with Gasteiger partial charge in [-0.3, -0.25) is 9.78 Å². The second-order valence-electron chi connectivity index (χ2n) is 4.02. The third-order valence-electron chi connectivity index (χ3n) is 2.64. The predicted octanol–water partition coefficient (Wildman–Crippen LogP) is 5.54. The van der Waals surface area contributed by atoms with Crippen molar-refractivity contribution in [1.29, 1.82) is 0 Å². The number of carbonyl (C=O) groups is 1. The van der Waals surface area contributed by atoms with E-state index < -0.39 is 17.3 Å². The lowest BCUT2D eigenvalue weighted by Gasteiger charge is -2.11. The third-order valence-corrected chi connectivity index (χ3v) is 3.66. The van der Waals surface area contributed by atoms with Gasteiger partial charge in [-0.1, -0.05) is 34.8 Å². The van der Waals surface area contributed by atoms with E-state index in [4.69, 9.17) is 34.8 Å². The van der Waals surface area contributed by atoms with Crippen LogP contribution in [0.2, 0.25) is 15.1 Å². The Morgan fingerprint density at radius 1 is 1.10 bits per heavy atom. The fraction of sp³-hybridized carbons (Fsp3) is 0.0769. The van der Waals surface area contributed by atoms with Crippen molar-refractivity contribution in [3.8, 4) is 11.3 Å². The lowest BCUT2D eigenvalue weighted by Crippen LogP contribution is -2.10. The summed E-state index contributed by atoms with van der Waals surface area (Å²) in [6.07, 6.45) is -3.99. The molecule has 1 aromatic heterocycles. The molecule has 2 aromatic rings. The lowest BCUT2D eigenvalue weighted by molar-refractivity contribution is -0.138. The van der Waals surface area contributed by atoms with Gasteiger partial charge in [-0.2, -0.15) is 13.2 Å². The highest BCUT2D eigenvalue weighted by atomic mass is 35.5. The van der Waals surface area contributed by atoms with E-state index in [9.17, 15) is 18.0 Å². The number of hydrogen-bond acceptors (Lipinski definition) is 2. The molecule has 0 amide bonds. The highest BCUT2D eigenvalue weighted by molar-refractivity contribution is 6.45. The monoisotopic (exact) mass is 353 g/mol. The van der Waals surface area contributed by atoms with Crippen molar-refractivity contribution < 1.29 is 18.0 Å². The highest BCUT2D eigenvalue weighted by Gasteiger charge is 2.34. The summed E-state index contributed by atoms with van der Waals surface area (Å²) in [6.45, 7) is 0. The molecule has 110 valence electrons. The van der Waals surface area contributed by atoms with Crippen LogP contribution in [0.4, 0.5) is 13.2 Å². The first-order valence-corrected chi connectivity index (χ1v) is 6.54. The van der Waals surface area contributed by atoms with Crippen LogP contribution in [0.3, 0.4) is 0 Å². The second kappa shape index (κ2) is 5.83. The Morgan fingerprint density at radius 3 is 2.33 bits per heavy atom. The summed E-state index contributed by atoms with van der Waals surface area (Å²) < 4.78 is 38.1. The molecule has 0 aliphatic rings. The van der Waals surface area contributed by atoms with Crippen molar-refractivity contribution >= 4 is 41.1 Å². The van der Waals surface area contributed by atoms with Gasteiger partial charge in [-0.25, -0.2) is 0 Å². The van der Waals surface area contributed by atoms with Crippen LogP contribution in [0.5, 0.6) is 0 Å². The number of carbonyl (C=O) groups excluding carboxylic acids is 1. The minimum atomic E-state index is -4.67. The van der Waals surface area contributed by atoms with Crippen molar-refractivity contribution in [3.63, 3.8) is 0 Å². The Morgan fingerprint density at radius 2 is 1.76 bits per heavy atom. The second-order valence-corrected chi connectivity index (χ2v) is 5.24. The lowest BCUT2D eigenvalue weighted by atomic mass is 10.1. The average molecular weight is 355 g/mol. The average Bonchev–Trinajstić information content (AvgIpc) is 2.41. The fourth-order valence-corrected chi connectivity index (χ4v) is 2.39. The molecule has 0 radical (unpaired) electrons. The summed E-state index contributed by atoms with van der Waals surface area (Å²) in [6, 6.07) is 3.78. The maximum absolute atomic E-state index is 12.7. The summed E-state index contributed by atoms with van der Waals surface area (Å²) in [5.74, 6) is 0. The van der Waals surface area contributed by atoms with E-state index in [1.165, 1.54) is 12.1 Å². The van der Waals surface area contributed by atoms with Crippen molar-refractivity contribution in [2.24, 2.45) is 0 Å². The molecule has 0 bridgehead atoms. The van der Waals surface area contributed by atoms with E-state index in [0.717, 1.165) is 6.07 Å². The van der Waals surface area contributed by atoms with E-state index >= 15 is 0 Å². The molecule has 0 atom stereocenters. The first-order valence-electron chi connectivity index (χ1n) is 5.41. The van der Waals surface area contributed by atoms with E-state index in [1.54, 1.807) is 0 Å². The Bertz CT molecular complexity index is 717. The van der Waals surface area contributed by atoms with Crippen molar-refractivity contribution in [1.82, 2.24) is 4.98 Å². The first kappa shape index (κ1) is 16.1. The number of alkyl halides is 3. The molecular formula is C13H5Cl3F3NO. The topological polar surface area (TPSA) is 30.0 Å². The Balaban J connectivity index is 2.65. The molecule has 1 heterocycles. The molecule has 2 rings (SSSR count). The maximum atomic E-state index is 12.7. The SMILES string of the molecule is O=Cc1cc(-c2cc(Cl)cc(Cl)c2Cl)ncc1C(F)(F)F. The number of benzene rings is 1. The Labute approximate surface area is 132 Å². The van der Waals surface area contributed by atoms with Gasteiger partial charge in [0.15, 0.2) is 6.29 Å². The number of hydrogen-bond donors (Lipinski definition) is 0. The van der Waals surface area contributed by atoms with Crippen molar-refractivity contribution in [3.05, 3.63) is 50.6 Å². The quantitative estimate of drug-likeness (QED) is 0.523. The van der Waals surface area contributed by atoms with Crippen LogP contribution in [0.15, 0.2) is 24.4 Å². The van der Waals surface area contributed by atoms with Crippen LogP contribution >= 0.6 is 34.8 Å². The van der Waals surface area contributed by atoms with Gasteiger partial charge in [0.2, 0.25) is 0 Å². The Hall–Kier alpha value is -1.30. The third kappa shape index (κ3) is 3.31. The van der Waals surface area contributed by atoms with Crippen LogP contribution in [0.1, 0.15) is 15.9 Å². The summed E-state index contributed by atoms with van der Waals surface area (Å²) in [4.78, 5) is 14.5. The molecule has 8 heteroatoms. The van der Waals surface area contributed by atoms with Crippen LogP contribution in [-0.4, -0.2) is 11.3 Å². The molecule has 2 nitrogen and oxygen atoms in total. The number of rotatable bonds is 2. The summed E-state index contributed by atoms with van der Waals surface area (Å²) >= 11 is 17.7. The molecule has 0 aliphatic carbocycles. The number of halogens is 6. The minimum Gasteiger partial charge on any atom is -0.298 e. The minimum absolute atomic E-state index is 0.0690. The van der Waals surface area contributed by atoms with Gasteiger partial charge in [-0.15, -0.1) is 0 Å². The van der Waals surface area contributed by atoms with Crippen molar-refractivity contribution in [2.75, 3.05) is 0 Å². The zero-order valence-corrected chi connectivity index (χ0v) is 12.3. The molecular weight excluding hydrogens is 350 g/mol. The smallest absolute Gasteiger partial charge is 0.298 e. The molecule has 0 saturated heterocycles.